The van der Waals surface area contributed by atoms with E-state index in [0.29, 0.717) is 24.9 Å². The number of rotatable bonds is 4. The third-order valence-electron chi connectivity index (χ3n) is 4.35. The van der Waals surface area contributed by atoms with Crippen molar-refractivity contribution in [3.63, 3.8) is 0 Å². The predicted molar refractivity (Wildman–Crippen MR) is 80.6 cm³/mol. The van der Waals surface area contributed by atoms with Crippen LogP contribution in [0.2, 0.25) is 0 Å². The Morgan fingerprint density at radius 2 is 2.18 bits per heavy atom. The summed E-state index contributed by atoms with van der Waals surface area (Å²) in [6.45, 7) is 0. The fourth-order valence-corrected chi connectivity index (χ4v) is 3.09. The highest BCUT2D eigenvalue weighted by Gasteiger charge is 2.34. The molecule has 2 aliphatic rings. The van der Waals surface area contributed by atoms with Crippen molar-refractivity contribution in [3.8, 4) is 0 Å². The van der Waals surface area contributed by atoms with Crippen molar-refractivity contribution in [2.45, 2.75) is 50.2 Å². The van der Waals surface area contributed by atoms with Crippen molar-refractivity contribution in [2.24, 2.45) is 7.05 Å². The number of hydrogen-bond donors (Lipinski definition) is 4. The van der Waals surface area contributed by atoms with Gasteiger partial charge in [0.25, 0.3) is 5.56 Å². The Balaban J connectivity index is 1.46. The van der Waals surface area contributed by atoms with Crippen LogP contribution in [-0.2, 0) is 18.3 Å². The Hall–Kier alpha value is -1.77. The molecule has 1 amide bonds. The lowest BCUT2D eigenvalue weighted by molar-refractivity contribution is -0.122. The molecule has 2 heterocycles. The van der Waals surface area contributed by atoms with Crippen LogP contribution >= 0.6 is 0 Å². The molecule has 3 unspecified atom stereocenters. The van der Waals surface area contributed by atoms with E-state index >= 15 is 0 Å². The second kappa shape index (κ2) is 6.55. The van der Waals surface area contributed by atoms with Gasteiger partial charge in [-0.15, -0.1) is 0 Å². The lowest BCUT2D eigenvalue weighted by Gasteiger charge is -2.30. The van der Waals surface area contributed by atoms with Gasteiger partial charge in [-0.05, 0) is 25.3 Å². The molecule has 8 heteroatoms. The van der Waals surface area contributed by atoms with E-state index in [0.717, 1.165) is 25.0 Å². The minimum atomic E-state index is -0.142. The van der Waals surface area contributed by atoms with Gasteiger partial charge in [0, 0.05) is 44.1 Å². The lowest BCUT2D eigenvalue weighted by Crippen LogP contribution is -2.47. The molecule has 3 atom stereocenters. The van der Waals surface area contributed by atoms with Crippen molar-refractivity contribution in [3.05, 3.63) is 28.2 Å². The molecule has 1 aromatic rings. The Labute approximate surface area is 128 Å². The number of aryl methyl sites for hydroxylation is 2. The fourth-order valence-electron chi connectivity index (χ4n) is 3.09. The molecular weight excluding hydrogens is 284 g/mol. The van der Waals surface area contributed by atoms with Crippen LogP contribution in [0.25, 0.3) is 0 Å². The SMILES string of the molecule is Cn1nc(CCC(=O)NC2CCC3NNNC3C2)ccc1=O. The summed E-state index contributed by atoms with van der Waals surface area (Å²) in [7, 11) is 1.61. The van der Waals surface area contributed by atoms with E-state index in [1.54, 1.807) is 13.1 Å². The normalized spacial score (nSPS) is 27.4. The molecule has 22 heavy (non-hydrogen) atoms. The number of carbonyl (C=O) groups is 1. The van der Waals surface area contributed by atoms with Crippen LogP contribution in [0.4, 0.5) is 0 Å². The van der Waals surface area contributed by atoms with Crippen molar-refractivity contribution in [2.75, 3.05) is 0 Å². The van der Waals surface area contributed by atoms with Crippen LogP contribution in [0, 0.1) is 0 Å². The van der Waals surface area contributed by atoms with Crippen LogP contribution in [0.15, 0.2) is 16.9 Å². The maximum absolute atomic E-state index is 12.1. The lowest BCUT2D eigenvalue weighted by atomic mass is 9.88. The summed E-state index contributed by atoms with van der Waals surface area (Å²) in [4.78, 5) is 23.3. The highest BCUT2D eigenvalue weighted by Crippen LogP contribution is 2.20. The summed E-state index contributed by atoms with van der Waals surface area (Å²) in [5.41, 5.74) is 9.92. The average Bonchev–Trinajstić information content (AvgIpc) is 2.96. The van der Waals surface area contributed by atoms with E-state index in [2.05, 4.69) is 26.8 Å². The van der Waals surface area contributed by atoms with E-state index in [4.69, 9.17) is 0 Å². The molecule has 1 saturated carbocycles. The summed E-state index contributed by atoms with van der Waals surface area (Å²) in [5.74, 6) is 0.0398. The zero-order valence-electron chi connectivity index (χ0n) is 12.6. The average molecular weight is 306 g/mol. The third-order valence-corrected chi connectivity index (χ3v) is 4.35. The molecule has 3 rings (SSSR count). The van der Waals surface area contributed by atoms with Crippen molar-refractivity contribution < 1.29 is 4.79 Å². The van der Waals surface area contributed by atoms with Gasteiger partial charge in [0.1, 0.15) is 0 Å². The number of nitrogens with one attached hydrogen (secondary N) is 4. The highest BCUT2D eigenvalue weighted by atomic mass is 16.1. The van der Waals surface area contributed by atoms with Gasteiger partial charge in [0.05, 0.1) is 5.69 Å². The predicted octanol–water partition coefficient (Wildman–Crippen LogP) is -1.27. The van der Waals surface area contributed by atoms with Crippen LogP contribution in [0.1, 0.15) is 31.4 Å². The van der Waals surface area contributed by atoms with Gasteiger partial charge in [-0.2, -0.15) is 10.6 Å². The monoisotopic (exact) mass is 306 g/mol. The molecule has 0 spiro atoms. The topological polar surface area (TPSA) is 100 Å². The Kier molecular flexibility index (Phi) is 4.51. The van der Waals surface area contributed by atoms with E-state index in [1.807, 2.05) is 0 Å². The first-order valence-corrected chi connectivity index (χ1v) is 7.70. The van der Waals surface area contributed by atoms with Crippen molar-refractivity contribution in [1.82, 2.24) is 31.5 Å². The fraction of sp³-hybridized carbons (Fsp3) is 0.643. The van der Waals surface area contributed by atoms with Crippen molar-refractivity contribution in [1.29, 1.82) is 0 Å². The molecule has 1 saturated heterocycles. The first-order chi connectivity index (χ1) is 10.6. The molecule has 8 nitrogen and oxygen atoms in total. The Bertz CT molecular complexity index is 601. The Morgan fingerprint density at radius 1 is 1.36 bits per heavy atom. The second-order valence-electron chi connectivity index (χ2n) is 5.99. The molecule has 0 aromatic carbocycles. The summed E-state index contributed by atoms with van der Waals surface area (Å²) in [6.07, 6.45) is 3.88. The zero-order chi connectivity index (χ0) is 15.5. The number of nitrogens with zero attached hydrogens (tertiary/aromatic N) is 2. The van der Waals surface area contributed by atoms with Gasteiger partial charge < -0.3 is 5.32 Å². The van der Waals surface area contributed by atoms with Gasteiger partial charge in [0.15, 0.2) is 0 Å². The van der Waals surface area contributed by atoms with Crippen molar-refractivity contribution >= 4 is 5.91 Å². The number of aromatic nitrogens is 2. The van der Waals surface area contributed by atoms with E-state index in [-0.39, 0.29) is 17.5 Å². The maximum Gasteiger partial charge on any atom is 0.266 e. The standard InChI is InChI=1S/C14H22N6O2/c1-20-14(22)7-4-9(18-20)3-6-13(21)15-10-2-5-11-12(8-10)17-19-16-11/h4,7,10-12,16-17,19H,2-3,5-6,8H2,1H3,(H,15,21). The smallest absolute Gasteiger partial charge is 0.266 e. The summed E-state index contributed by atoms with van der Waals surface area (Å²) in [5, 5.41) is 7.23. The molecule has 1 aliphatic heterocycles. The van der Waals surface area contributed by atoms with Gasteiger partial charge in [-0.25, -0.2) is 15.5 Å². The second-order valence-corrected chi connectivity index (χ2v) is 5.99. The number of hydrazine groups is 2. The quantitative estimate of drug-likeness (QED) is 0.554. The van der Waals surface area contributed by atoms with Crippen LogP contribution in [0.3, 0.4) is 0 Å². The van der Waals surface area contributed by atoms with E-state index < -0.39 is 0 Å². The number of carbonyl (C=O) groups excluding carboxylic acids is 1. The molecule has 1 aliphatic carbocycles. The molecule has 1 aromatic heterocycles. The summed E-state index contributed by atoms with van der Waals surface area (Å²) >= 11 is 0. The number of hydrogen-bond acceptors (Lipinski definition) is 6. The molecule has 0 radical (unpaired) electrons. The minimum absolute atomic E-state index is 0.0398. The van der Waals surface area contributed by atoms with Crippen LogP contribution in [0.5, 0.6) is 0 Å². The van der Waals surface area contributed by atoms with Crippen LogP contribution < -0.4 is 27.3 Å². The first-order valence-electron chi connectivity index (χ1n) is 7.70. The van der Waals surface area contributed by atoms with Gasteiger partial charge >= 0.3 is 0 Å². The van der Waals surface area contributed by atoms with Crippen LogP contribution in [-0.4, -0.2) is 33.8 Å². The largest absolute Gasteiger partial charge is 0.353 e. The molecular formula is C14H22N6O2. The molecule has 0 bridgehead atoms. The summed E-state index contributed by atoms with van der Waals surface area (Å²) < 4.78 is 1.29. The number of fused-ring (bicyclic) bond motifs is 1. The van der Waals surface area contributed by atoms with E-state index in [9.17, 15) is 9.59 Å². The van der Waals surface area contributed by atoms with E-state index in [1.165, 1.54) is 10.7 Å². The maximum atomic E-state index is 12.1. The van der Waals surface area contributed by atoms with Gasteiger partial charge in [-0.1, -0.05) is 0 Å². The highest BCUT2D eigenvalue weighted by molar-refractivity contribution is 5.76. The molecule has 120 valence electrons. The zero-order valence-corrected chi connectivity index (χ0v) is 12.6. The Morgan fingerprint density at radius 3 is 3.00 bits per heavy atom. The molecule has 2 fully saturated rings. The third kappa shape index (κ3) is 3.52. The van der Waals surface area contributed by atoms with Gasteiger partial charge in [0.2, 0.25) is 5.91 Å². The summed E-state index contributed by atoms with van der Waals surface area (Å²) in [6, 6.07) is 4.19. The van der Waals surface area contributed by atoms with Gasteiger partial charge in [-0.3, -0.25) is 9.59 Å². The molecule has 4 N–H and O–H groups in total. The minimum Gasteiger partial charge on any atom is -0.353 e. The first kappa shape index (κ1) is 15.1. The number of amides is 1.